The highest BCUT2D eigenvalue weighted by Crippen LogP contribution is 2.24. The van der Waals surface area contributed by atoms with Gasteiger partial charge in [0, 0.05) is 139 Å². The molecule has 590 valence electrons. The molecule has 0 radical (unpaired) electrons. The van der Waals surface area contributed by atoms with Gasteiger partial charge in [-0.25, -0.2) is 0 Å². The largest absolute Gasteiger partial charge is 0.481 e. The molecule has 7 amide bonds. The summed E-state index contributed by atoms with van der Waals surface area (Å²) in [5.74, 6) is -22.3. The number of nitrogens with two attached hydrogens (primary N) is 1. The Labute approximate surface area is 618 Å². The standard InChI is InChI=1S/C71H104N8O26S/c1-40(2)31-51(56(83)20-21-60(87)74-53(39-106-6)57(84)32-41(3)67(99)73-5)78-71(103)54-9-7-28-79(54)61(88)38-104-29-8-10-55(82)52(33-43-11-13-44(14-12-43)42(4)80)77-70(102)47(17-24-64(93)94)36-59(86)50(19-26-66(97)98)76-69(101)46(16-23-63(91)92)35-58(85)49(18-25-65(95)96)75-68(100)45(15-22-62(89)90)34-48(81)37-105-30-27-72/h11-14,40-41,45-47,49-54H,7-10,15-39,72H2,1-6H3,(H,73,99)(H,74,87)(H,75,100)(H,76,101)(H,77,102)(H,78,103)(H,89,90)(H,91,92)(H,93,94)(H,95,96)(H,97,98)/t41-,45+,46+,47+,49-,50-,51+,52+,53+,54+/m1/s1. The predicted molar refractivity (Wildman–Crippen MR) is 378 cm³/mol. The number of carbonyl (C=O) groups excluding carboxylic acids is 14. The number of hydrogen-bond acceptors (Lipinski definition) is 23. The Morgan fingerprint density at radius 1 is 0.528 bits per heavy atom. The van der Waals surface area contributed by atoms with Crippen molar-refractivity contribution in [3.05, 3.63) is 35.4 Å². The number of aliphatic carboxylic acids is 5. The zero-order valence-corrected chi connectivity index (χ0v) is 61.7. The van der Waals surface area contributed by atoms with Gasteiger partial charge in [0.05, 0.1) is 36.8 Å². The third-order valence-corrected chi connectivity index (χ3v) is 18.1. The van der Waals surface area contributed by atoms with Crippen LogP contribution in [0.4, 0.5) is 0 Å². The summed E-state index contributed by atoms with van der Waals surface area (Å²) in [5.41, 5.74) is 6.12. The number of ketones is 7. The topological polar surface area (TPSA) is 545 Å². The Bertz CT molecular complexity index is 3250. The van der Waals surface area contributed by atoms with Crippen molar-refractivity contribution >= 4 is 123 Å². The van der Waals surface area contributed by atoms with Crippen LogP contribution < -0.4 is 37.6 Å². The molecule has 35 heteroatoms. The molecule has 34 nitrogen and oxygen atoms in total. The molecular formula is C71H104N8O26S. The molecule has 10 atom stereocenters. The lowest BCUT2D eigenvalue weighted by molar-refractivity contribution is -0.142. The van der Waals surface area contributed by atoms with Gasteiger partial charge in [-0.05, 0) is 88.9 Å². The Hall–Kier alpha value is -9.22. The number of thioether (sulfide) groups is 1. The molecule has 1 aromatic rings. The van der Waals surface area contributed by atoms with Gasteiger partial charge in [-0.15, -0.1) is 0 Å². The smallest absolute Gasteiger partial charge is 0.303 e. The van der Waals surface area contributed by atoms with Gasteiger partial charge < -0.3 is 77.5 Å². The summed E-state index contributed by atoms with van der Waals surface area (Å²) in [4.78, 5) is 250. The summed E-state index contributed by atoms with van der Waals surface area (Å²) in [6.45, 7) is 5.48. The van der Waals surface area contributed by atoms with Crippen LogP contribution in [0.2, 0.25) is 0 Å². The van der Waals surface area contributed by atoms with Gasteiger partial charge in [0.15, 0.2) is 40.5 Å². The minimum absolute atomic E-state index is 0.0293. The Kier molecular flexibility index (Phi) is 43.4. The summed E-state index contributed by atoms with van der Waals surface area (Å²) in [6.07, 6.45) is -7.75. The maximum absolute atomic E-state index is 14.4. The number of carboxylic acid groups (broad SMARTS) is 5. The van der Waals surface area contributed by atoms with Crippen LogP contribution in [0.25, 0.3) is 0 Å². The minimum atomic E-state index is -1.83. The number of likely N-dealkylation sites (tertiary alicyclic amines) is 1. The second kappa shape index (κ2) is 49.5. The molecule has 0 bridgehead atoms. The molecule has 0 unspecified atom stereocenters. The number of benzene rings is 1. The molecule has 0 spiro atoms. The van der Waals surface area contributed by atoms with Crippen LogP contribution in [0.5, 0.6) is 0 Å². The molecule has 2 rings (SSSR count). The summed E-state index contributed by atoms with van der Waals surface area (Å²) in [7, 11) is 1.45. The zero-order valence-electron chi connectivity index (χ0n) is 60.9. The van der Waals surface area contributed by atoms with E-state index in [0.29, 0.717) is 17.5 Å². The van der Waals surface area contributed by atoms with E-state index in [4.69, 9.17) is 15.2 Å². The first-order valence-corrected chi connectivity index (χ1v) is 36.6. The number of rotatable bonds is 58. The Morgan fingerprint density at radius 2 is 1.00 bits per heavy atom. The van der Waals surface area contributed by atoms with Crippen molar-refractivity contribution in [3.8, 4) is 0 Å². The molecule has 1 aromatic carbocycles. The molecule has 1 aliphatic heterocycles. The number of carboxylic acids is 5. The van der Waals surface area contributed by atoms with E-state index in [1.165, 1.54) is 54.9 Å². The van der Waals surface area contributed by atoms with Crippen LogP contribution in [-0.4, -0.2) is 237 Å². The number of Topliss-reactive ketones (excluding diaryl/α,β-unsaturated/α-hetero) is 7. The number of ether oxygens (including phenoxy) is 2. The van der Waals surface area contributed by atoms with E-state index in [1.807, 2.05) is 13.8 Å². The molecule has 1 heterocycles. The first kappa shape index (κ1) is 92.9. The molecule has 0 aromatic heterocycles. The lowest BCUT2D eigenvalue weighted by Crippen LogP contribution is -2.52. The average molecular weight is 1520 g/mol. The monoisotopic (exact) mass is 1520 g/mol. The fraction of sp³-hybridized carbons (Fsp3) is 0.648. The van der Waals surface area contributed by atoms with Crippen LogP contribution in [0.15, 0.2) is 24.3 Å². The fourth-order valence-electron chi connectivity index (χ4n) is 11.6. The second-order valence-electron chi connectivity index (χ2n) is 26.6. The van der Waals surface area contributed by atoms with Crippen LogP contribution in [0.3, 0.4) is 0 Å². The van der Waals surface area contributed by atoms with Crippen molar-refractivity contribution < 1.29 is 126 Å². The van der Waals surface area contributed by atoms with Crippen molar-refractivity contribution in [1.29, 1.82) is 0 Å². The van der Waals surface area contributed by atoms with Crippen LogP contribution in [-0.2, 0) is 102 Å². The molecular weight excluding hydrogens is 1410 g/mol. The van der Waals surface area contributed by atoms with E-state index in [-0.39, 0.29) is 107 Å². The molecule has 13 N–H and O–H groups in total. The van der Waals surface area contributed by atoms with Gasteiger partial charge in [0.2, 0.25) is 41.4 Å². The van der Waals surface area contributed by atoms with E-state index in [1.54, 1.807) is 13.2 Å². The lowest BCUT2D eigenvalue weighted by Gasteiger charge is -2.27. The van der Waals surface area contributed by atoms with Crippen molar-refractivity contribution in [3.63, 3.8) is 0 Å². The van der Waals surface area contributed by atoms with E-state index < -0.39 is 251 Å². The third-order valence-electron chi connectivity index (χ3n) is 17.4. The van der Waals surface area contributed by atoms with E-state index in [0.717, 1.165) is 0 Å². The van der Waals surface area contributed by atoms with Crippen LogP contribution >= 0.6 is 11.8 Å². The van der Waals surface area contributed by atoms with E-state index >= 15 is 0 Å². The van der Waals surface area contributed by atoms with Crippen molar-refractivity contribution in [2.24, 2.45) is 35.3 Å². The van der Waals surface area contributed by atoms with Crippen LogP contribution in [0, 0.1) is 29.6 Å². The van der Waals surface area contributed by atoms with Crippen molar-refractivity contribution in [2.45, 2.75) is 205 Å². The van der Waals surface area contributed by atoms with Crippen molar-refractivity contribution in [2.75, 3.05) is 58.6 Å². The molecule has 1 fully saturated rings. The van der Waals surface area contributed by atoms with Gasteiger partial charge in [0.1, 0.15) is 19.3 Å². The molecule has 1 aliphatic rings. The summed E-state index contributed by atoms with van der Waals surface area (Å²) in [6, 6.07) is -1.94. The highest BCUT2D eigenvalue weighted by Gasteiger charge is 2.39. The van der Waals surface area contributed by atoms with Crippen molar-refractivity contribution in [1.82, 2.24) is 36.8 Å². The van der Waals surface area contributed by atoms with E-state index in [9.17, 15) is 117 Å². The minimum Gasteiger partial charge on any atom is -0.481 e. The zero-order chi connectivity index (χ0) is 79.8. The molecule has 0 aliphatic carbocycles. The quantitative estimate of drug-likeness (QED) is 0.0323. The number of carbonyl (C=O) groups is 19. The highest BCUT2D eigenvalue weighted by molar-refractivity contribution is 7.98. The third kappa shape index (κ3) is 36.7. The Morgan fingerprint density at radius 3 is 1.47 bits per heavy atom. The number of nitrogens with one attached hydrogen (secondary N) is 6. The maximum Gasteiger partial charge on any atom is 0.303 e. The highest BCUT2D eigenvalue weighted by atomic mass is 32.2. The summed E-state index contributed by atoms with van der Waals surface area (Å²) < 4.78 is 10.8. The lowest BCUT2D eigenvalue weighted by atomic mass is 9.89. The number of hydrogen-bond donors (Lipinski definition) is 12. The SMILES string of the molecule is CNC(=O)[C@H](C)CC(=O)[C@H](CSC)NC(=O)CCC(=O)[C@H](CC(C)C)NC(=O)[C@@H]1CCCN1C(=O)COCCCC(=O)[C@H](Cc1ccc(C(C)=O)cc1)NC(=O)[C@@H](CCC(=O)O)CC(=O)[C@@H](CCC(=O)O)NC(=O)[C@@H](CCC(=O)O)CC(=O)[C@@H](CCC(=O)O)NC(=O)[C@@H](CCC(=O)O)CC(=O)COCCN. The summed E-state index contributed by atoms with van der Waals surface area (Å²) >= 11 is 1.31. The fourth-order valence-corrected chi connectivity index (χ4v) is 12.2. The first-order valence-electron chi connectivity index (χ1n) is 35.2. The predicted octanol–water partition coefficient (Wildman–Crippen LogP) is 1.34. The maximum atomic E-state index is 14.4. The normalized spacial score (nSPS) is 15.1. The van der Waals surface area contributed by atoms with Gasteiger partial charge in [0.25, 0.3) is 0 Å². The first-order chi connectivity index (χ1) is 50.0. The van der Waals surface area contributed by atoms with E-state index in [2.05, 4.69) is 31.9 Å². The number of nitrogens with zero attached hydrogens (tertiary/aromatic N) is 1. The van der Waals surface area contributed by atoms with Gasteiger partial charge >= 0.3 is 29.8 Å². The van der Waals surface area contributed by atoms with Gasteiger partial charge in [-0.2, -0.15) is 11.8 Å². The molecule has 0 saturated carbocycles. The van der Waals surface area contributed by atoms with Crippen LogP contribution in [0.1, 0.15) is 178 Å². The van der Waals surface area contributed by atoms with Gasteiger partial charge in [-0.1, -0.05) is 45.0 Å². The second-order valence-corrected chi connectivity index (χ2v) is 27.5. The summed E-state index contributed by atoms with van der Waals surface area (Å²) in [5, 5.41) is 63.2. The number of amides is 7. The van der Waals surface area contributed by atoms with Gasteiger partial charge in [-0.3, -0.25) is 91.1 Å². The molecule has 1 saturated heterocycles. The average Bonchev–Trinajstić information content (AvgIpc) is 1.64. The Balaban J connectivity index is 2.37. The molecule has 106 heavy (non-hydrogen) atoms.